The molecule has 0 radical (unpaired) electrons. The fourth-order valence-electron chi connectivity index (χ4n) is 1.02. The molecule has 0 aliphatic carbocycles. The zero-order chi connectivity index (χ0) is 9.84. The Balaban J connectivity index is 3.18. The average Bonchev–Trinajstić information content (AvgIpc) is 2.08. The monoisotopic (exact) mass is 177 g/mol. The maximum absolute atomic E-state index is 10.6. The topological polar surface area (TPSA) is 49.7 Å². The van der Waals surface area contributed by atoms with Crippen LogP contribution in [0.3, 0.4) is 0 Å². The molecule has 1 aromatic rings. The van der Waals surface area contributed by atoms with Gasteiger partial charge < -0.3 is 5.11 Å². The van der Waals surface area contributed by atoms with Crippen molar-refractivity contribution in [2.45, 2.75) is 13.8 Å². The van der Waals surface area contributed by atoms with Crippen molar-refractivity contribution in [3.8, 4) is 0 Å². The first-order valence-corrected chi connectivity index (χ1v) is 3.97. The summed E-state index contributed by atoms with van der Waals surface area (Å²) in [5, 5.41) is 8.72. The Morgan fingerprint density at radius 3 is 2.77 bits per heavy atom. The molecular formula is C10H11NO2. The Morgan fingerprint density at radius 1 is 1.54 bits per heavy atom. The Labute approximate surface area is 76.7 Å². The van der Waals surface area contributed by atoms with Crippen LogP contribution in [-0.4, -0.2) is 17.3 Å². The number of aromatic carboxylic acids is 1. The first kappa shape index (κ1) is 9.45. The van der Waals surface area contributed by atoms with Crippen molar-refractivity contribution in [3.63, 3.8) is 0 Å². The van der Waals surface area contributed by atoms with Crippen LogP contribution in [0.15, 0.2) is 23.2 Å². The van der Waals surface area contributed by atoms with Gasteiger partial charge >= 0.3 is 5.97 Å². The molecule has 0 amide bonds. The van der Waals surface area contributed by atoms with E-state index in [2.05, 4.69) is 4.99 Å². The molecule has 0 saturated carbocycles. The Hall–Kier alpha value is -1.64. The number of carboxylic acids is 1. The lowest BCUT2D eigenvalue weighted by Crippen LogP contribution is -1.95. The van der Waals surface area contributed by atoms with Crippen molar-refractivity contribution in [3.05, 3.63) is 29.3 Å². The Morgan fingerprint density at radius 2 is 2.23 bits per heavy atom. The quantitative estimate of drug-likeness (QED) is 0.705. The maximum Gasteiger partial charge on any atom is 0.335 e. The fourth-order valence-corrected chi connectivity index (χ4v) is 1.02. The number of aliphatic imine (C=N–C) groups is 1. The second-order valence-electron chi connectivity index (χ2n) is 2.69. The third kappa shape index (κ3) is 2.15. The Kier molecular flexibility index (Phi) is 2.80. The molecule has 0 bridgehead atoms. The number of rotatable bonds is 2. The SMILES string of the molecule is C/C=N\c1cc(C(=O)O)ccc1C. The second kappa shape index (κ2) is 3.85. The lowest BCUT2D eigenvalue weighted by molar-refractivity contribution is 0.0697. The predicted octanol–water partition coefficient (Wildman–Crippen LogP) is 2.42. The molecule has 1 rings (SSSR count). The number of hydrogen-bond donors (Lipinski definition) is 1. The smallest absolute Gasteiger partial charge is 0.335 e. The van der Waals surface area contributed by atoms with Crippen LogP contribution in [0.1, 0.15) is 22.8 Å². The first-order chi connectivity index (χ1) is 6.15. The van der Waals surface area contributed by atoms with Crippen LogP contribution in [-0.2, 0) is 0 Å². The zero-order valence-electron chi connectivity index (χ0n) is 7.61. The summed E-state index contributed by atoms with van der Waals surface area (Å²) in [4.78, 5) is 14.7. The highest BCUT2D eigenvalue weighted by atomic mass is 16.4. The van der Waals surface area contributed by atoms with Gasteiger partial charge in [0.2, 0.25) is 0 Å². The molecule has 0 fully saturated rings. The highest BCUT2D eigenvalue weighted by molar-refractivity contribution is 5.89. The van der Waals surface area contributed by atoms with E-state index in [0.29, 0.717) is 5.69 Å². The molecular weight excluding hydrogens is 166 g/mol. The number of benzene rings is 1. The molecule has 0 heterocycles. The molecule has 0 spiro atoms. The normalized spacial score (nSPS) is 10.6. The number of hydrogen-bond acceptors (Lipinski definition) is 2. The summed E-state index contributed by atoms with van der Waals surface area (Å²) in [6.07, 6.45) is 1.65. The molecule has 3 heteroatoms. The van der Waals surface area contributed by atoms with Gasteiger partial charge in [-0.3, -0.25) is 4.99 Å². The lowest BCUT2D eigenvalue weighted by Gasteiger charge is -2.00. The van der Waals surface area contributed by atoms with E-state index >= 15 is 0 Å². The average molecular weight is 177 g/mol. The highest BCUT2D eigenvalue weighted by Gasteiger charge is 2.04. The summed E-state index contributed by atoms with van der Waals surface area (Å²) in [5.41, 5.74) is 1.96. The van der Waals surface area contributed by atoms with Crippen LogP contribution >= 0.6 is 0 Å². The third-order valence-electron chi connectivity index (χ3n) is 1.72. The van der Waals surface area contributed by atoms with Gasteiger partial charge in [0.25, 0.3) is 0 Å². The third-order valence-corrected chi connectivity index (χ3v) is 1.72. The molecule has 0 saturated heterocycles. The molecule has 0 aliphatic rings. The predicted molar refractivity (Wildman–Crippen MR) is 52.0 cm³/mol. The van der Waals surface area contributed by atoms with Crippen molar-refractivity contribution in [2.75, 3.05) is 0 Å². The fraction of sp³-hybridized carbons (Fsp3) is 0.200. The van der Waals surface area contributed by atoms with E-state index in [4.69, 9.17) is 5.11 Å². The minimum Gasteiger partial charge on any atom is -0.478 e. The molecule has 0 atom stereocenters. The molecule has 0 unspecified atom stereocenters. The summed E-state index contributed by atoms with van der Waals surface area (Å²) >= 11 is 0. The van der Waals surface area contributed by atoms with Crippen LogP contribution in [0.4, 0.5) is 5.69 Å². The lowest BCUT2D eigenvalue weighted by atomic mass is 10.1. The van der Waals surface area contributed by atoms with E-state index in [1.807, 2.05) is 6.92 Å². The number of carbonyl (C=O) groups is 1. The minimum atomic E-state index is -0.924. The molecule has 0 aromatic heterocycles. The number of carboxylic acid groups (broad SMARTS) is 1. The van der Waals surface area contributed by atoms with Crippen LogP contribution < -0.4 is 0 Å². The molecule has 3 nitrogen and oxygen atoms in total. The maximum atomic E-state index is 10.6. The standard InChI is InChI=1S/C10H11NO2/c1-3-11-9-6-8(10(12)13)5-4-7(9)2/h3-6H,1-2H3,(H,12,13)/b11-3-. The number of nitrogens with zero attached hydrogens (tertiary/aromatic N) is 1. The van der Waals surface area contributed by atoms with Gasteiger partial charge in [0.05, 0.1) is 11.3 Å². The summed E-state index contributed by atoms with van der Waals surface area (Å²) < 4.78 is 0. The summed E-state index contributed by atoms with van der Waals surface area (Å²) in [5.74, 6) is -0.924. The summed E-state index contributed by atoms with van der Waals surface area (Å²) in [7, 11) is 0. The van der Waals surface area contributed by atoms with Gasteiger partial charge in [0.15, 0.2) is 0 Å². The minimum absolute atomic E-state index is 0.270. The molecule has 1 N–H and O–H groups in total. The van der Waals surface area contributed by atoms with Crippen molar-refractivity contribution in [1.29, 1.82) is 0 Å². The molecule has 0 aliphatic heterocycles. The van der Waals surface area contributed by atoms with Crippen LogP contribution in [0.5, 0.6) is 0 Å². The van der Waals surface area contributed by atoms with Crippen LogP contribution in [0, 0.1) is 6.92 Å². The first-order valence-electron chi connectivity index (χ1n) is 3.97. The van der Waals surface area contributed by atoms with E-state index in [9.17, 15) is 4.79 Å². The van der Waals surface area contributed by atoms with E-state index in [1.54, 1.807) is 31.3 Å². The van der Waals surface area contributed by atoms with Gasteiger partial charge in [-0.25, -0.2) is 4.79 Å². The Bertz CT molecular complexity index is 356. The van der Waals surface area contributed by atoms with E-state index < -0.39 is 5.97 Å². The van der Waals surface area contributed by atoms with E-state index in [-0.39, 0.29) is 5.56 Å². The molecule has 13 heavy (non-hydrogen) atoms. The van der Waals surface area contributed by atoms with Gasteiger partial charge in [0, 0.05) is 6.21 Å². The molecule has 68 valence electrons. The van der Waals surface area contributed by atoms with Gasteiger partial charge in [-0.1, -0.05) is 6.07 Å². The van der Waals surface area contributed by atoms with Crippen molar-refractivity contribution in [2.24, 2.45) is 4.99 Å². The van der Waals surface area contributed by atoms with Crippen molar-refractivity contribution >= 4 is 17.9 Å². The summed E-state index contributed by atoms with van der Waals surface area (Å²) in [6.45, 7) is 3.70. The van der Waals surface area contributed by atoms with Gasteiger partial charge in [-0.15, -0.1) is 0 Å². The van der Waals surface area contributed by atoms with Crippen molar-refractivity contribution in [1.82, 2.24) is 0 Å². The summed E-state index contributed by atoms with van der Waals surface area (Å²) in [6, 6.07) is 4.90. The van der Waals surface area contributed by atoms with Gasteiger partial charge in [0.1, 0.15) is 0 Å². The van der Waals surface area contributed by atoms with Crippen LogP contribution in [0.2, 0.25) is 0 Å². The van der Waals surface area contributed by atoms with E-state index in [1.165, 1.54) is 0 Å². The van der Waals surface area contributed by atoms with Gasteiger partial charge in [-0.2, -0.15) is 0 Å². The van der Waals surface area contributed by atoms with E-state index in [0.717, 1.165) is 5.56 Å². The second-order valence-corrected chi connectivity index (χ2v) is 2.69. The highest BCUT2D eigenvalue weighted by Crippen LogP contribution is 2.19. The van der Waals surface area contributed by atoms with Gasteiger partial charge in [-0.05, 0) is 31.5 Å². The zero-order valence-corrected chi connectivity index (χ0v) is 7.61. The van der Waals surface area contributed by atoms with Crippen LogP contribution in [0.25, 0.3) is 0 Å². The van der Waals surface area contributed by atoms with Crippen molar-refractivity contribution < 1.29 is 9.90 Å². The largest absolute Gasteiger partial charge is 0.478 e. The number of aryl methyl sites for hydroxylation is 1. The molecule has 1 aromatic carbocycles.